The van der Waals surface area contributed by atoms with Crippen molar-refractivity contribution in [1.29, 1.82) is 0 Å². The number of amides is 1. The third kappa shape index (κ3) is 4.14. The molecule has 3 atom stereocenters. The van der Waals surface area contributed by atoms with E-state index in [1.165, 1.54) is 0 Å². The van der Waals surface area contributed by atoms with Crippen LogP contribution in [-0.4, -0.2) is 46.7 Å². The predicted molar refractivity (Wildman–Crippen MR) is 96.0 cm³/mol. The van der Waals surface area contributed by atoms with Crippen molar-refractivity contribution in [3.05, 3.63) is 29.8 Å². The minimum atomic E-state index is -0.232. The highest BCUT2D eigenvalue weighted by atomic mass is 16.5. The van der Waals surface area contributed by atoms with Crippen LogP contribution < -0.4 is 10.9 Å². The summed E-state index contributed by atoms with van der Waals surface area (Å²) >= 11 is 0. The highest BCUT2D eigenvalue weighted by molar-refractivity contribution is 5.82. The van der Waals surface area contributed by atoms with E-state index >= 15 is 0 Å². The number of phenols is 1. The molecule has 0 spiro atoms. The van der Waals surface area contributed by atoms with Crippen molar-refractivity contribution in [3.8, 4) is 5.75 Å². The van der Waals surface area contributed by atoms with E-state index in [2.05, 4.69) is 24.7 Å². The number of rotatable bonds is 4. The van der Waals surface area contributed by atoms with Crippen LogP contribution in [0.15, 0.2) is 24.3 Å². The van der Waals surface area contributed by atoms with Crippen molar-refractivity contribution in [1.82, 2.24) is 15.8 Å². The Bertz CT molecular complexity index is 602. The van der Waals surface area contributed by atoms with Crippen LogP contribution >= 0.6 is 0 Å². The molecule has 0 radical (unpaired) electrons. The normalized spacial score (nSPS) is 28.7. The second kappa shape index (κ2) is 7.32. The topological polar surface area (TPSA) is 73.8 Å². The third-order valence-electron chi connectivity index (χ3n) is 5.23. The van der Waals surface area contributed by atoms with E-state index in [0.717, 1.165) is 18.4 Å². The lowest BCUT2D eigenvalue weighted by molar-refractivity contribution is -0.141. The van der Waals surface area contributed by atoms with Gasteiger partial charge in [0.25, 0.3) is 0 Å². The summed E-state index contributed by atoms with van der Waals surface area (Å²) in [6.45, 7) is 7.64. The Morgan fingerprint density at radius 2 is 2.04 bits per heavy atom. The first-order chi connectivity index (χ1) is 11.9. The van der Waals surface area contributed by atoms with Gasteiger partial charge in [-0.1, -0.05) is 12.1 Å². The second-order valence-electron chi connectivity index (χ2n) is 7.60. The highest BCUT2D eigenvalue weighted by Crippen LogP contribution is 2.29. The molecule has 6 nitrogen and oxygen atoms in total. The van der Waals surface area contributed by atoms with Gasteiger partial charge < -0.3 is 14.7 Å². The Balaban J connectivity index is 1.64. The predicted octanol–water partition coefficient (Wildman–Crippen LogP) is 2.11. The van der Waals surface area contributed by atoms with Crippen LogP contribution in [0.4, 0.5) is 0 Å². The van der Waals surface area contributed by atoms with Crippen LogP contribution in [0, 0.1) is 0 Å². The van der Waals surface area contributed by atoms with Crippen LogP contribution in [0.1, 0.15) is 51.6 Å². The maximum absolute atomic E-state index is 13.1. The summed E-state index contributed by atoms with van der Waals surface area (Å²) in [4.78, 5) is 15.1. The summed E-state index contributed by atoms with van der Waals surface area (Å²) < 4.78 is 5.79. The van der Waals surface area contributed by atoms with Gasteiger partial charge in [0.1, 0.15) is 11.8 Å². The molecule has 2 heterocycles. The van der Waals surface area contributed by atoms with Crippen molar-refractivity contribution in [3.63, 3.8) is 0 Å². The third-order valence-corrected chi connectivity index (χ3v) is 5.23. The molecule has 1 amide bonds. The van der Waals surface area contributed by atoms with Crippen LogP contribution in [0.25, 0.3) is 0 Å². The van der Waals surface area contributed by atoms with Crippen LogP contribution in [0.2, 0.25) is 0 Å². The molecule has 0 saturated carbocycles. The van der Waals surface area contributed by atoms with Gasteiger partial charge in [0.15, 0.2) is 0 Å². The largest absolute Gasteiger partial charge is 0.508 e. The van der Waals surface area contributed by atoms with Crippen LogP contribution in [-0.2, 0) is 9.53 Å². The lowest BCUT2D eigenvalue weighted by atomic mass is 9.92. The summed E-state index contributed by atoms with van der Waals surface area (Å²) in [6, 6.07) is 7.20. The van der Waals surface area contributed by atoms with Gasteiger partial charge >= 0.3 is 0 Å². The van der Waals surface area contributed by atoms with E-state index in [1.807, 2.05) is 24.0 Å². The number of carbonyl (C=O) groups excluding carboxylic acids is 1. The number of hydrogen-bond acceptors (Lipinski definition) is 5. The van der Waals surface area contributed by atoms with Crippen LogP contribution in [0.3, 0.4) is 0 Å². The molecule has 0 aliphatic carbocycles. The number of benzene rings is 1. The minimum absolute atomic E-state index is 0.0689. The van der Waals surface area contributed by atoms with Gasteiger partial charge in [-0.15, -0.1) is 0 Å². The second-order valence-corrected chi connectivity index (χ2v) is 7.60. The highest BCUT2D eigenvalue weighted by Gasteiger charge is 2.38. The lowest BCUT2D eigenvalue weighted by Gasteiger charge is -2.41. The van der Waals surface area contributed by atoms with Gasteiger partial charge in [-0.25, -0.2) is 10.9 Å². The number of nitrogens with one attached hydrogen (secondary N) is 2. The number of likely N-dealkylation sites (N-methyl/N-ethyl adjacent to an activating group) is 1. The molecule has 3 N–H and O–H groups in total. The van der Waals surface area contributed by atoms with E-state index in [-0.39, 0.29) is 35.4 Å². The molecule has 0 aromatic heterocycles. The fourth-order valence-electron chi connectivity index (χ4n) is 3.90. The number of aromatic hydroxyl groups is 1. The molecule has 25 heavy (non-hydrogen) atoms. The molecule has 3 rings (SSSR count). The monoisotopic (exact) mass is 347 g/mol. The number of nitrogens with zero attached hydrogens (tertiary/aromatic N) is 1. The van der Waals surface area contributed by atoms with E-state index in [0.29, 0.717) is 19.6 Å². The van der Waals surface area contributed by atoms with Crippen molar-refractivity contribution < 1.29 is 14.6 Å². The lowest BCUT2D eigenvalue weighted by Crippen LogP contribution is -2.53. The maximum Gasteiger partial charge on any atom is 0.241 e. The van der Waals surface area contributed by atoms with E-state index in [9.17, 15) is 9.90 Å². The summed E-state index contributed by atoms with van der Waals surface area (Å²) in [5.41, 5.74) is 7.27. The molecule has 2 aliphatic rings. The molecule has 3 unspecified atom stereocenters. The Morgan fingerprint density at radius 3 is 2.68 bits per heavy atom. The average molecular weight is 347 g/mol. The first-order valence-corrected chi connectivity index (χ1v) is 9.14. The molecule has 6 heteroatoms. The van der Waals surface area contributed by atoms with Gasteiger partial charge in [0.2, 0.25) is 5.91 Å². The van der Waals surface area contributed by atoms with Crippen molar-refractivity contribution in [2.75, 3.05) is 13.2 Å². The van der Waals surface area contributed by atoms with Crippen LogP contribution in [0.5, 0.6) is 5.75 Å². The molecule has 1 aromatic carbocycles. The fraction of sp³-hybridized carbons (Fsp3) is 0.632. The van der Waals surface area contributed by atoms with Crippen molar-refractivity contribution in [2.24, 2.45) is 0 Å². The van der Waals surface area contributed by atoms with Crippen molar-refractivity contribution >= 4 is 5.91 Å². The fourth-order valence-corrected chi connectivity index (χ4v) is 3.90. The molecular weight excluding hydrogens is 318 g/mol. The van der Waals surface area contributed by atoms with E-state index < -0.39 is 0 Å². The van der Waals surface area contributed by atoms with Gasteiger partial charge in [-0.05, 0) is 57.7 Å². The first-order valence-electron chi connectivity index (χ1n) is 9.14. The Labute approximate surface area is 149 Å². The zero-order valence-corrected chi connectivity index (χ0v) is 15.3. The smallest absolute Gasteiger partial charge is 0.241 e. The summed E-state index contributed by atoms with van der Waals surface area (Å²) in [6.07, 6.45) is 2.46. The average Bonchev–Trinajstić information content (AvgIpc) is 3.05. The standard InChI is InChI=1S/C19H29N3O3/c1-4-22(14-9-10-25-19(2,3)12-14)18(24)17-11-16(20-21-17)13-5-7-15(23)8-6-13/h5-8,14,16-17,20-21,23H,4,9-12H2,1-3H3. The number of ether oxygens (including phenoxy) is 1. The zero-order chi connectivity index (χ0) is 18.0. The van der Waals surface area contributed by atoms with Gasteiger partial charge in [-0.2, -0.15) is 0 Å². The Hall–Kier alpha value is -1.63. The molecule has 1 aromatic rings. The number of phenolic OH excluding ortho intramolecular Hbond substituents is 1. The minimum Gasteiger partial charge on any atom is -0.508 e. The molecule has 2 saturated heterocycles. The summed E-state index contributed by atoms with van der Waals surface area (Å²) in [5.74, 6) is 0.403. The van der Waals surface area contributed by atoms with Gasteiger partial charge in [0, 0.05) is 25.2 Å². The Morgan fingerprint density at radius 1 is 1.32 bits per heavy atom. The van der Waals surface area contributed by atoms with E-state index in [1.54, 1.807) is 12.1 Å². The Kier molecular flexibility index (Phi) is 5.32. The first kappa shape index (κ1) is 18.2. The molecule has 2 fully saturated rings. The molecule has 138 valence electrons. The molecule has 0 bridgehead atoms. The quantitative estimate of drug-likeness (QED) is 0.778. The SMILES string of the molecule is CCN(C(=O)C1CC(c2ccc(O)cc2)NN1)C1CCOC(C)(C)C1. The zero-order valence-electron chi connectivity index (χ0n) is 15.3. The number of hydrogen-bond donors (Lipinski definition) is 3. The number of hydrazine groups is 1. The summed E-state index contributed by atoms with van der Waals surface area (Å²) in [7, 11) is 0. The van der Waals surface area contributed by atoms with E-state index in [4.69, 9.17) is 4.74 Å². The summed E-state index contributed by atoms with van der Waals surface area (Å²) in [5, 5.41) is 9.42. The molecule has 2 aliphatic heterocycles. The molecular formula is C19H29N3O3. The maximum atomic E-state index is 13.1. The van der Waals surface area contributed by atoms with Gasteiger partial charge in [-0.3, -0.25) is 4.79 Å². The van der Waals surface area contributed by atoms with Gasteiger partial charge in [0.05, 0.1) is 5.60 Å². The van der Waals surface area contributed by atoms with Crippen molar-refractivity contribution in [2.45, 2.75) is 63.8 Å². The number of carbonyl (C=O) groups is 1.